The van der Waals surface area contributed by atoms with Gasteiger partial charge in [0.1, 0.15) is 11.5 Å². The summed E-state index contributed by atoms with van der Waals surface area (Å²) in [7, 11) is 0. The lowest BCUT2D eigenvalue weighted by molar-refractivity contribution is -0.133. The van der Waals surface area contributed by atoms with E-state index >= 15 is 0 Å². The third kappa shape index (κ3) is 5.60. The zero-order chi connectivity index (χ0) is 25.3. The Morgan fingerprint density at radius 1 is 0.800 bits per heavy atom. The van der Waals surface area contributed by atoms with E-state index in [2.05, 4.69) is 47.9 Å². The summed E-state index contributed by atoms with van der Waals surface area (Å²) in [6.07, 6.45) is 0. The van der Waals surface area contributed by atoms with Gasteiger partial charge in [-0.3, -0.25) is 19.8 Å². The molecule has 7 nitrogen and oxygen atoms in total. The SMILES string of the molecule is Cc1cc(C)cc(NC(=O)c2cc3cc(Br)ccc3n2NC(=O)C(=O)Nc2ccc(Br)cc2F)c1. The van der Waals surface area contributed by atoms with Gasteiger partial charge in [0.25, 0.3) is 5.91 Å². The van der Waals surface area contributed by atoms with Crippen molar-refractivity contribution in [1.29, 1.82) is 0 Å². The minimum Gasteiger partial charge on any atom is -0.321 e. The highest BCUT2D eigenvalue weighted by Crippen LogP contribution is 2.25. The molecular formula is C25H19Br2FN4O3. The highest BCUT2D eigenvalue weighted by atomic mass is 79.9. The molecule has 0 spiro atoms. The number of carbonyl (C=O) groups is 3. The minimum absolute atomic E-state index is 0.105. The van der Waals surface area contributed by atoms with Crippen LogP contribution in [0.1, 0.15) is 21.6 Å². The van der Waals surface area contributed by atoms with Crippen LogP contribution in [-0.2, 0) is 9.59 Å². The van der Waals surface area contributed by atoms with Gasteiger partial charge in [-0.2, -0.15) is 0 Å². The van der Waals surface area contributed by atoms with Crippen LogP contribution in [0.4, 0.5) is 15.8 Å². The number of rotatable bonds is 4. The fourth-order valence-electron chi connectivity index (χ4n) is 3.64. The average molecular weight is 602 g/mol. The average Bonchev–Trinajstić information content (AvgIpc) is 3.12. The van der Waals surface area contributed by atoms with E-state index < -0.39 is 23.5 Å². The fraction of sp³-hybridized carbons (Fsp3) is 0.0800. The topological polar surface area (TPSA) is 92.2 Å². The van der Waals surface area contributed by atoms with E-state index in [1.807, 2.05) is 32.0 Å². The van der Waals surface area contributed by atoms with E-state index in [1.54, 1.807) is 24.3 Å². The van der Waals surface area contributed by atoms with Crippen LogP contribution in [0.5, 0.6) is 0 Å². The summed E-state index contributed by atoms with van der Waals surface area (Å²) >= 11 is 6.53. The van der Waals surface area contributed by atoms with E-state index in [9.17, 15) is 18.8 Å². The Morgan fingerprint density at radius 2 is 1.46 bits per heavy atom. The van der Waals surface area contributed by atoms with Crippen LogP contribution in [0.25, 0.3) is 10.9 Å². The van der Waals surface area contributed by atoms with Crippen LogP contribution in [0.3, 0.4) is 0 Å². The van der Waals surface area contributed by atoms with E-state index in [-0.39, 0.29) is 11.4 Å². The standard InChI is InChI=1S/C25H19Br2FN4O3/c1-13-7-14(2)9-18(8-13)29-23(33)22-11-15-10-16(26)4-6-21(15)32(22)31-25(35)24(34)30-20-5-3-17(27)12-19(20)28/h3-12H,1-2H3,(H,29,33)(H,30,34)(H,31,35). The van der Waals surface area contributed by atoms with Crippen LogP contribution >= 0.6 is 31.9 Å². The van der Waals surface area contributed by atoms with Crippen molar-refractivity contribution in [2.45, 2.75) is 13.8 Å². The summed E-state index contributed by atoms with van der Waals surface area (Å²) in [5.41, 5.74) is 5.46. The number of benzene rings is 3. The van der Waals surface area contributed by atoms with Crippen LogP contribution in [-0.4, -0.2) is 22.4 Å². The number of nitrogens with one attached hydrogen (secondary N) is 3. The van der Waals surface area contributed by atoms with Gasteiger partial charge in [-0.1, -0.05) is 37.9 Å². The predicted octanol–water partition coefficient (Wildman–Crippen LogP) is 5.88. The molecule has 4 rings (SSSR count). The number of aryl methyl sites for hydroxylation is 2. The van der Waals surface area contributed by atoms with Crippen molar-refractivity contribution in [3.8, 4) is 0 Å². The van der Waals surface area contributed by atoms with Gasteiger partial charge >= 0.3 is 11.8 Å². The van der Waals surface area contributed by atoms with Crippen LogP contribution < -0.4 is 16.1 Å². The van der Waals surface area contributed by atoms with Gasteiger partial charge in [-0.15, -0.1) is 0 Å². The fourth-order valence-corrected chi connectivity index (χ4v) is 4.35. The van der Waals surface area contributed by atoms with Gasteiger partial charge in [-0.25, -0.2) is 9.07 Å². The number of amides is 3. The molecular weight excluding hydrogens is 583 g/mol. The van der Waals surface area contributed by atoms with Crippen molar-refractivity contribution in [1.82, 2.24) is 4.68 Å². The van der Waals surface area contributed by atoms with Crippen molar-refractivity contribution in [2.75, 3.05) is 16.1 Å². The number of halogens is 3. The maximum atomic E-state index is 14.1. The molecule has 0 aliphatic carbocycles. The summed E-state index contributed by atoms with van der Waals surface area (Å²) in [5.74, 6) is -3.36. The van der Waals surface area contributed by atoms with Gasteiger partial charge in [0.05, 0.1) is 11.2 Å². The third-order valence-electron chi connectivity index (χ3n) is 5.07. The Bertz CT molecular complexity index is 1480. The second-order valence-corrected chi connectivity index (χ2v) is 9.75. The second kappa shape index (κ2) is 10.0. The lowest BCUT2D eigenvalue weighted by atomic mass is 10.1. The van der Waals surface area contributed by atoms with Gasteiger partial charge in [0.2, 0.25) is 0 Å². The van der Waals surface area contributed by atoms with Crippen LogP contribution in [0.2, 0.25) is 0 Å². The Balaban J connectivity index is 1.64. The number of aromatic nitrogens is 1. The molecule has 0 atom stereocenters. The van der Waals surface area contributed by atoms with Crippen molar-refractivity contribution >= 4 is 71.9 Å². The highest BCUT2D eigenvalue weighted by Gasteiger charge is 2.22. The molecule has 1 aromatic heterocycles. The minimum atomic E-state index is -1.09. The molecule has 1 heterocycles. The first-order valence-electron chi connectivity index (χ1n) is 10.4. The number of nitrogens with zero attached hydrogens (tertiary/aromatic N) is 1. The van der Waals surface area contributed by atoms with Gasteiger partial charge < -0.3 is 10.6 Å². The largest absolute Gasteiger partial charge is 0.328 e. The molecule has 0 saturated heterocycles. The van der Waals surface area contributed by atoms with Crippen molar-refractivity contribution < 1.29 is 18.8 Å². The van der Waals surface area contributed by atoms with Gasteiger partial charge in [0, 0.05) is 20.0 Å². The van der Waals surface area contributed by atoms with Gasteiger partial charge in [-0.05, 0) is 79.6 Å². The summed E-state index contributed by atoms with van der Waals surface area (Å²) in [6, 6.07) is 16.5. The van der Waals surface area contributed by atoms with Crippen molar-refractivity contribution in [2.24, 2.45) is 0 Å². The van der Waals surface area contributed by atoms with Gasteiger partial charge in [0.15, 0.2) is 0 Å². The molecule has 4 aromatic rings. The maximum Gasteiger partial charge on any atom is 0.328 e. The Hall–Kier alpha value is -3.50. The molecule has 0 fully saturated rings. The number of hydrogen-bond donors (Lipinski definition) is 3. The third-order valence-corrected chi connectivity index (χ3v) is 6.06. The number of anilines is 2. The smallest absolute Gasteiger partial charge is 0.321 e. The molecule has 0 bridgehead atoms. The highest BCUT2D eigenvalue weighted by molar-refractivity contribution is 9.10. The Kier molecular flexibility index (Phi) is 7.04. The van der Waals surface area contributed by atoms with Crippen LogP contribution in [0, 0.1) is 19.7 Å². The first kappa shape index (κ1) is 24.6. The first-order valence-corrected chi connectivity index (χ1v) is 12.0. The van der Waals surface area contributed by atoms with Crippen molar-refractivity contribution in [3.63, 3.8) is 0 Å². The van der Waals surface area contributed by atoms with E-state index in [0.717, 1.165) is 15.6 Å². The molecule has 3 amide bonds. The second-order valence-electron chi connectivity index (χ2n) is 7.92. The molecule has 178 valence electrons. The number of hydrogen-bond acceptors (Lipinski definition) is 3. The summed E-state index contributed by atoms with van der Waals surface area (Å²) < 4.78 is 16.6. The summed E-state index contributed by atoms with van der Waals surface area (Å²) in [4.78, 5) is 38.4. The molecule has 0 unspecified atom stereocenters. The quantitative estimate of drug-likeness (QED) is 0.255. The lowest BCUT2D eigenvalue weighted by Gasteiger charge is -2.13. The van der Waals surface area contributed by atoms with E-state index in [4.69, 9.17) is 0 Å². The Labute approximate surface area is 216 Å². The zero-order valence-electron chi connectivity index (χ0n) is 18.6. The lowest BCUT2D eigenvalue weighted by Crippen LogP contribution is -2.36. The van der Waals surface area contributed by atoms with Crippen LogP contribution in [0.15, 0.2) is 69.6 Å². The van der Waals surface area contributed by atoms with E-state index in [1.165, 1.54) is 22.9 Å². The monoisotopic (exact) mass is 600 g/mol. The first-order chi connectivity index (χ1) is 16.6. The predicted molar refractivity (Wildman–Crippen MR) is 141 cm³/mol. The number of carbonyl (C=O) groups excluding carboxylic acids is 3. The molecule has 0 saturated carbocycles. The van der Waals surface area contributed by atoms with Crippen molar-refractivity contribution in [3.05, 3.63) is 92.2 Å². The summed E-state index contributed by atoms with van der Waals surface area (Å²) in [6.45, 7) is 3.84. The molecule has 3 aromatic carbocycles. The normalized spacial score (nSPS) is 10.8. The summed E-state index contributed by atoms with van der Waals surface area (Å²) in [5, 5.41) is 5.73. The molecule has 0 radical (unpaired) electrons. The molecule has 0 aliphatic rings. The zero-order valence-corrected chi connectivity index (χ0v) is 21.8. The molecule has 10 heteroatoms. The molecule has 35 heavy (non-hydrogen) atoms. The molecule has 3 N–H and O–H groups in total. The molecule has 0 aliphatic heterocycles. The van der Waals surface area contributed by atoms with E-state index in [0.29, 0.717) is 21.1 Å². The Morgan fingerprint density at radius 3 is 2.14 bits per heavy atom. The number of fused-ring (bicyclic) bond motifs is 1. The maximum absolute atomic E-state index is 14.1.